The summed E-state index contributed by atoms with van der Waals surface area (Å²) in [6.07, 6.45) is 13.6. The highest BCUT2D eigenvalue weighted by Gasteiger charge is 2.21. The Kier molecular flexibility index (Phi) is 10.6. The largest absolute Gasteiger partial charge is 0.504 e. The van der Waals surface area contributed by atoms with E-state index in [1.54, 1.807) is 12.1 Å². The molecule has 4 bridgehead atoms. The van der Waals surface area contributed by atoms with Crippen LogP contribution in [0.25, 0.3) is 16.6 Å². The highest BCUT2D eigenvalue weighted by atomic mass is 16.5. The summed E-state index contributed by atoms with van der Waals surface area (Å²) in [7, 11) is 0. The highest BCUT2D eigenvalue weighted by molar-refractivity contribution is 5.88. The molecule has 0 saturated heterocycles. The molecule has 6 N–H and O–H groups in total. The van der Waals surface area contributed by atoms with Crippen LogP contribution >= 0.6 is 0 Å². The van der Waals surface area contributed by atoms with Crippen LogP contribution in [0.5, 0.6) is 11.5 Å². The molecule has 2 aliphatic heterocycles. The van der Waals surface area contributed by atoms with Crippen LogP contribution in [0.4, 0.5) is 0 Å². The number of aromatic hydroxyl groups is 1. The predicted molar refractivity (Wildman–Crippen MR) is 186 cm³/mol. The van der Waals surface area contributed by atoms with Crippen molar-refractivity contribution in [1.82, 2.24) is 9.88 Å². The molecule has 3 atom stereocenters. The number of hydrogen-bond donors (Lipinski definition) is 5. The number of dihydropyridines is 1. The molecule has 0 fully saturated rings. The number of nitrogens with one attached hydrogen (secondary N) is 1. The van der Waals surface area contributed by atoms with Gasteiger partial charge in [0, 0.05) is 28.7 Å². The van der Waals surface area contributed by atoms with Crippen molar-refractivity contribution < 1.29 is 24.8 Å². The van der Waals surface area contributed by atoms with Crippen LogP contribution in [0.3, 0.4) is 0 Å². The molecule has 0 radical (unpaired) electrons. The van der Waals surface area contributed by atoms with Gasteiger partial charge >= 0.3 is 0 Å². The fraction of sp³-hybridized carbons (Fsp3) is 0.385. The highest BCUT2D eigenvalue weighted by Crippen LogP contribution is 2.34. The summed E-state index contributed by atoms with van der Waals surface area (Å²) in [6, 6.07) is 18.2. The second-order valence-electron chi connectivity index (χ2n) is 12.9. The first-order valence-electron chi connectivity index (χ1n) is 16.9. The lowest BCUT2D eigenvalue weighted by atomic mass is 9.97. The number of unbranched alkanes of at least 4 members (excludes halogenated alkanes) is 2. The van der Waals surface area contributed by atoms with E-state index in [2.05, 4.69) is 65.6 Å². The number of nitrogens with zero attached hydrogens (tertiary/aromatic N) is 1. The maximum absolute atomic E-state index is 11.1. The average Bonchev–Trinajstić information content (AvgIpc) is 3.50. The number of aromatic nitrogens is 1. The molecule has 3 heterocycles. The molecule has 2 aliphatic rings. The lowest BCUT2D eigenvalue weighted by molar-refractivity contribution is 0.0171. The smallest absolute Gasteiger partial charge is 0.161 e. The van der Waals surface area contributed by atoms with Crippen molar-refractivity contribution in [1.29, 1.82) is 0 Å². The number of hydrogen-bond acceptors (Lipinski definition) is 7. The Morgan fingerprint density at radius 2 is 1.85 bits per heavy atom. The Balaban J connectivity index is 1.43. The number of rotatable bonds is 7. The van der Waals surface area contributed by atoms with Gasteiger partial charge < -0.3 is 40.4 Å². The minimum Gasteiger partial charge on any atom is -0.504 e. The summed E-state index contributed by atoms with van der Waals surface area (Å²) >= 11 is 0. The summed E-state index contributed by atoms with van der Waals surface area (Å²) in [5.74, 6) is 1.20. The zero-order valence-corrected chi connectivity index (χ0v) is 27.2. The Hall–Kier alpha value is -4.08. The van der Waals surface area contributed by atoms with Crippen molar-refractivity contribution in [2.45, 2.75) is 89.9 Å². The van der Waals surface area contributed by atoms with Crippen molar-refractivity contribution >= 4 is 16.6 Å². The Labute approximate surface area is 277 Å². The summed E-state index contributed by atoms with van der Waals surface area (Å²) in [6.45, 7) is 2.59. The van der Waals surface area contributed by atoms with Crippen LogP contribution in [0.2, 0.25) is 0 Å². The molecule has 8 heteroatoms. The van der Waals surface area contributed by atoms with Gasteiger partial charge in [0.25, 0.3) is 0 Å². The van der Waals surface area contributed by atoms with Gasteiger partial charge in [-0.2, -0.15) is 0 Å². The van der Waals surface area contributed by atoms with Crippen LogP contribution in [0, 0.1) is 0 Å². The van der Waals surface area contributed by atoms with Crippen LogP contribution in [-0.4, -0.2) is 44.9 Å². The Morgan fingerprint density at radius 1 is 1.00 bits per heavy atom. The third kappa shape index (κ3) is 8.08. The van der Waals surface area contributed by atoms with E-state index in [0.29, 0.717) is 37.2 Å². The number of nitrogens with two attached hydrogens (primary N) is 1. The van der Waals surface area contributed by atoms with E-state index in [4.69, 9.17) is 15.2 Å². The molecule has 3 aromatic carbocycles. The van der Waals surface area contributed by atoms with Gasteiger partial charge in [0.15, 0.2) is 11.5 Å². The van der Waals surface area contributed by atoms with Gasteiger partial charge in [0.1, 0.15) is 12.4 Å². The van der Waals surface area contributed by atoms with E-state index >= 15 is 0 Å². The monoisotopic (exact) mass is 637 g/mol. The molecule has 4 aromatic rings. The molecule has 8 nitrogen and oxygen atoms in total. The number of aliphatic hydroxyl groups is 2. The summed E-state index contributed by atoms with van der Waals surface area (Å²) in [5.41, 5.74) is 12.2. The first-order chi connectivity index (χ1) is 22.9. The topological polar surface area (TPSA) is 122 Å². The van der Waals surface area contributed by atoms with E-state index in [0.717, 1.165) is 71.0 Å². The molecule has 1 aromatic heterocycles. The Bertz CT molecular complexity index is 1730. The molecule has 0 spiro atoms. The zero-order valence-electron chi connectivity index (χ0n) is 27.2. The van der Waals surface area contributed by atoms with Gasteiger partial charge in [-0.05, 0) is 84.2 Å². The van der Waals surface area contributed by atoms with Gasteiger partial charge in [-0.1, -0.05) is 68.7 Å². The maximum Gasteiger partial charge on any atom is 0.161 e. The van der Waals surface area contributed by atoms with E-state index in [1.807, 2.05) is 18.2 Å². The molecule has 248 valence electrons. The number of phenols is 1. The average molecular weight is 638 g/mol. The van der Waals surface area contributed by atoms with E-state index in [1.165, 1.54) is 5.56 Å². The number of aliphatic hydroxyl groups excluding tert-OH is 2. The molecular weight excluding hydrogens is 590 g/mol. The lowest BCUT2D eigenvalue weighted by Gasteiger charge is -2.26. The number of aryl methyl sites for hydroxylation is 1. The molecule has 0 saturated carbocycles. The van der Waals surface area contributed by atoms with Crippen LogP contribution < -0.4 is 15.8 Å². The van der Waals surface area contributed by atoms with Crippen molar-refractivity contribution in [3.63, 3.8) is 0 Å². The number of benzene rings is 3. The third-order valence-corrected chi connectivity index (χ3v) is 9.25. The zero-order chi connectivity index (χ0) is 32.8. The van der Waals surface area contributed by atoms with Gasteiger partial charge in [-0.3, -0.25) is 0 Å². The molecule has 1 unspecified atom stereocenters. The first kappa shape index (κ1) is 32.8. The Morgan fingerprint density at radius 3 is 2.66 bits per heavy atom. The van der Waals surface area contributed by atoms with Crippen LogP contribution in [0.15, 0.2) is 84.7 Å². The fourth-order valence-corrected chi connectivity index (χ4v) is 6.68. The summed E-state index contributed by atoms with van der Waals surface area (Å²) < 4.78 is 15.0. The van der Waals surface area contributed by atoms with Crippen molar-refractivity contribution in [3.05, 3.63) is 113 Å². The molecule has 47 heavy (non-hydrogen) atoms. The van der Waals surface area contributed by atoms with Gasteiger partial charge in [-0.25, -0.2) is 0 Å². The second-order valence-corrected chi connectivity index (χ2v) is 12.9. The maximum atomic E-state index is 11.1. The predicted octanol–water partition coefficient (Wildman–Crippen LogP) is 6.28. The number of fused-ring (bicyclic) bond motifs is 4. The summed E-state index contributed by atoms with van der Waals surface area (Å²) in [4.78, 5) is 0. The number of ether oxygens (including phenoxy) is 2. The first-order valence-corrected chi connectivity index (χ1v) is 16.9. The molecule has 0 amide bonds. The van der Waals surface area contributed by atoms with Gasteiger partial charge in [-0.15, -0.1) is 0 Å². The van der Waals surface area contributed by atoms with E-state index in [9.17, 15) is 15.3 Å². The standard InChI is InChI=1S/C39H47N3O5/c1-2-3-5-10-34-20-33(44)13-11-28-19-37(36(45)18-31(28)23-43)47-25-32-17-27(15-26-8-6-4-7-9-26)16-30-21-42(22-35(30)32)39-29(24-46-34)12-14-38(40)41-39/h4,6-9,12,14,16-19,21-22,33-34,38,41,43-45H,2-3,5,10-11,13,15,20,23-25,40H2,1H3/t33-,34+,38?/m1/s1. The number of phenolic OH excluding ortho intramolecular Hbond substituents is 1. The lowest BCUT2D eigenvalue weighted by Crippen LogP contribution is -2.38. The molecular formula is C39H47N3O5. The second kappa shape index (κ2) is 15.2. The SMILES string of the molecule is CCCCC[C@H]1C[C@H](O)CCc2cc(c(O)cc2CO)OCc2cc(Cc3ccccc3)cc3cn(cc23)C2=C(C=CC(N)N2)CO1. The minimum atomic E-state index is -0.584. The normalized spacial score (nSPS) is 20.4. The van der Waals surface area contributed by atoms with Crippen LogP contribution in [-0.2, 0) is 30.8 Å². The van der Waals surface area contributed by atoms with Crippen LogP contribution in [0.1, 0.15) is 73.3 Å². The molecule has 6 rings (SSSR count). The van der Waals surface area contributed by atoms with Gasteiger partial charge in [0.2, 0.25) is 0 Å². The van der Waals surface area contributed by atoms with Gasteiger partial charge in [0.05, 0.1) is 31.6 Å². The van der Waals surface area contributed by atoms with Crippen molar-refractivity contribution in [2.24, 2.45) is 5.73 Å². The van der Waals surface area contributed by atoms with Crippen molar-refractivity contribution in [2.75, 3.05) is 6.61 Å². The fourth-order valence-electron chi connectivity index (χ4n) is 6.68. The van der Waals surface area contributed by atoms with Crippen molar-refractivity contribution in [3.8, 4) is 11.5 Å². The van der Waals surface area contributed by atoms with E-state index < -0.39 is 6.10 Å². The summed E-state index contributed by atoms with van der Waals surface area (Å²) in [5, 5.41) is 37.7. The third-order valence-electron chi connectivity index (χ3n) is 9.25. The quantitative estimate of drug-likeness (QED) is 0.151. The minimum absolute atomic E-state index is 0.0200. The van der Waals surface area contributed by atoms with E-state index in [-0.39, 0.29) is 31.2 Å². The molecule has 0 aliphatic carbocycles.